The number of nitrogens with one attached hydrogen (secondary N) is 2. The molecule has 2 N–H and O–H groups in total. The molecule has 35 heavy (non-hydrogen) atoms. The molecule has 2 amide bonds. The smallest absolute Gasteiger partial charge is 0.241 e. The summed E-state index contributed by atoms with van der Waals surface area (Å²) in [4.78, 5) is 33.4. The van der Waals surface area contributed by atoms with Crippen LogP contribution < -0.4 is 5.32 Å². The topological polar surface area (TPSA) is 65.2 Å². The molecular formula is C30H27N3O2. The lowest BCUT2D eigenvalue weighted by Gasteiger charge is -2.54. The first kappa shape index (κ1) is 20.7. The molecule has 5 heteroatoms. The summed E-state index contributed by atoms with van der Waals surface area (Å²) >= 11 is 0. The van der Waals surface area contributed by atoms with Gasteiger partial charge in [0.1, 0.15) is 5.41 Å². The number of rotatable bonds is 2. The maximum atomic E-state index is 14.0. The molecule has 3 aliphatic rings. The Hall–Kier alpha value is -3.70. The van der Waals surface area contributed by atoms with Gasteiger partial charge >= 0.3 is 0 Å². The van der Waals surface area contributed by atoms with Gasteiger partial charge in [-0.1, -0.05) is 78.9 Å². The van der Waals surface area contributed by atoms with E-state index in [-0.39, 0.29) is 29.7 Å². The molecule has 3 aromatic carbocycles. The number of aromatic amines is 1. The molecule has 174 valence electrons. The Balaban J connectivity index is 1.43. The van der Waals surface area contributed by atoms with Crippen molar-refractivity contribution in [2.45, 2.75) is 24.3 Å². The summed E-state index contributed by atoms with van der Waals surface area (Å²) in [5, 5.41) is 4.08. The maximum absolute atomic E-state index is 14.0. The molecular weight excluding hydrogens is 434 g/mol. The Labute approximate surface area is 204 Å². The number of H-pyrrole nitrogens is 1. The number of aromatic nitrogens is 1. The van der Waals surface area contributed by atoms with E-state index in [1.54, 1.807) is 0 Å². The number of hydrogen-bond donors (Lipinski definition) is 2. The Morgan fingerprint density at radius 2 is 1.49 bits per heavy atom. The zero-order valence-corrected chi connectivity index (χ0v) is 19.4. The van der Waals surface area contributed by atoms with Crippen molar-refractivity contribution in [3.05, 3.63) is 107 Å². The molecule has 5 nitrogen and oxygen atoms in total. The fourth-order valence-corrected chi connectivity index (χ4v) is 7.11. The number of amides is 2. The first-order chi connectivity index (χ1) is 17.2. The molecule has 0 bridgehead atoms. The Kier molecular flexibility index (Phi) is 4.52. The monoisotopic (exact) mass is 461 g/mol. The van der Waals surface area contributed by atoms with Gasteiger partial charge in [-0.05, 0) is 41.5 Å². The summed E-state index contributed by atoms with van der Waals surface area (Å²) < 4.78 is 0. The highest BCUT2D eigenvalue weighted by molar-refractivity contribution is 6.07. The van der Waals surface area contributed by atoms with E-state index in [0.717, 1.165) is 36.0 Å². The Morgan fingerprint density at radius 3 is 2.20 bits per heavy atom. The van der Waals surface area contributed by atoms with Crippen LogP contribution in [0.3, 0.4) is 0 Å². The number of hydrogen-bond acceptors (Lipinski definition) is 3. The Bertz CT molecular complexity index is 1400. The van der Waals surface area contributed by atoms with E-state index in [4.69, 9.17) is 0 Å². The summed E-state index contributed by atoms with van der Waals surface area (Å²) in [6.45, 7) is 1.58. The van der Waals surface area contributed by atoms with Crippen molar-refractivity contribution in [2.24, 2.45) is 11.8 Å². The van der Waals surface area contributed by atoms with Crippen molar-refractivity contribution in [1.82, 2.24) is 15.2 Å². The van der Waals surface area contributed by atoms with E-state index in [2.05, 4.69) is 39.5 Å². The van der Waals surface area contributed by atoms with Crippen molar-refractivity contribution in [3.63, 3.8) is 0 Å². The van der Waals surface area contributed by atoms with Gasteiger partial charge in [-0.2, -0.15) is 0 Å². The number of fused-ring (bicyclic) bond motifs is 6. The van der Waals surface area contributed by atoms with Crippen LogP contribution in [-0.2, 0) is 21.4 Å². The van der Waals surface area contributed by atoms with Crippen LogP contribution in [0, 0.1) is 11.8 Å². The van der Waals surface area contributed by atoms with Crippen LogP contribution >= 0.6 is 0 Å². The lowest BCUT2D eigenvalue weighted by Crippen LogP contribution is -2.66. The van der Waals surface area contributed by atoms with E-state index in [1.807, 2.05) is 60.7 Å². The zero-order chi connectivity index (χ0) is 23.6. The third-order valence-corrected chi connectivity index (χ3v) is 8.61. The van der Waals surface area contributed by atoms with Crippen molar-refractivity contribution in [3.8, 4) is 0 Å². The van der Waals surface area contributed by atoms with Gasteiger partial charge in [0.25, 0.3) is 0 Å². The highest BCUT2D eigenvalue weighted by atomic mass is 16.2. The molecule has 4 heterocycles. The molecule has 3 atom stereocenters. The van der Waals surface area contributed by atoms with E-state index < -0.39 is 5.41 Å². The predicted molar refractivity (Wildman–Crippen MR) is 135 cm³/mol. The van der Waals surface area contributed by atoms with E-state index in [9.17, 15) is 9.59 Å². The normalized spacial score (nSPS) is 25.4. The first-order valence-electron chi connectivity index (χ1n) is 12.5. The van der Waals surface area contributed by atoms with Gasteiger partial charge in [-0.15, -0.1) is 0 Å². The summed E-state index contributed by atoms with van der Waals surface area (Å²) in [5.74, 6) is -0.742. The lowest BCUT2D eigenvalue weighted by molar-refractivity contribution is -0.148. The molecule has 2 fully saturated rings. The van der Waals surface area contributed by atoms with Crippen LogP contribution in [0.2, 0.25) is 0 Å². The summed E-state index contributed by atoms with van der Waals surface area (Å²) in [5.41, 5.74) is 4.79. The number of nitrogens with zero attached hydrogens (tertiary/aromatic N) is 1. The van der Waals surface area contributed by atoms with Crippen LogP contribution in [0.5, 0.6) is 0 Å². The minimum atomic E-state index is -0.920. The van der Waals surface area contributed by atoms with Crippen LogP contribution in [0.25, 0.3) is 10.9 Å². The van der Waals surface area contributed by atoms with Crippen molar-refractivity contribution in [1.29, 1.82) is 0 Å². The molecule has 1 aromatic heterocycles. The van der Waals surface area contributed by atoms with Crippen LogP contribution in [0.15, 0.2) is 84.9 Å². The average Bonchev–Trinajstić information content (AvgIpc) is 3.29. The number of carbonyl (C=O) groups is 2. The number of para-hydroxylation sites is 1. The van der Waals surface area contributed by atoms with Crippen molar-refractivity contribution in [2.75, 3.05) is 13.1 Å². The number of piperidine rings is 2. The number of benzene rings is 3. The Morgan fingerprint density at radius 1 is 0.829 bits per heavy atom. The maximum Gasteiger partial charge on any atom is 0.241 e. The van der Waals surface area contributed by atoms with Crippen LogP contribution in [0.1, 0.15) is 34.8 Å². The van der Waals surface area contributed by atoms with Gasteiger partial charge in [0.05, 0.1) is 12.0 Å². The van der Waals surface area contributed by atoms with Gasteiger partial charge in [0.15, 0.2) is 0 Å². The molecule has 0 aliphatic carbocycles. The molecule has 4 aromatic rings. The van der Waals surface area contributed by atoms with E-state index >= 15 is 0 Å². The summed E-state index contributed by atoms with van der Waals surface area (Å²) in [6, 6.07) is 28.7. The summed E-state index contributed by atoms with van der Waals surface area (Å²) in [7, 11) is 0. The van der Waals surface area contributed by atoms with Gasteiger partial charge in [-0.3, -0.25) is 19.8 Å². The van der Waals surface area contributed by atoms with Gasteiger partial charge in [-0.25, -0.2) is 0 Å². The minimum Gasteiger partial charge on any atom is -0.357 e. The predicted octanol–water partition coefficient (Wildman–Crippen LogP) is 4.35. The van der Waals surface area contributed by atoms with Crippen LogP contribution in [0.4, 0.5) is 0 Å². The number of imide groups is 1. The highest BCUT2D eigenvalue weighted by Gasteiger charge is 2.60. The zero-order valence-electron chi connectivity index (χ0n) is 19.4. The van der Waals surface area contributed by atoms with Crippen molar-refractivity contribution >= 4 is 22.7 Å². The third-order valence-electron chi connectivity index (χ3n) is 8.61. The van der Waals surface area contributed by atoms with Crippen molar-refractivity contribution < 1.29 is 9.59 Å². The number of carbonyl (C=O) groups excluding carboxylic acids is 2. The quantitative estimate of drug-likeness (QED) is 0.437. The van der Waals surface area contributed by atoms with E-state index in [0.29, 0.717) is 6.54 Å². The molecule has 7 rings (SSSR count). The van der Waals surface area contributed by atoms with E-state index in [1.165, 1.54) is 16.6 Å². The van der Waals surface area contributed by atoms with Gasteiger partial charge in [0.2, 0.25) is 11.8 Å². The largest absolute Gasteiger partial charge is 0.357 e. The minimum absolute atomic E-state index is 0.136. The second kappa shape index (κ2) is 7.65. The second-order valence-electron chi connectivity index (χ2n) is 10.1. The van der Waals surface area contributed by atoms with Gasteiger partial charge in [0, 0.05) is 29.7 Å². The fourth-order valence-electron chi connectivity index (χ4n) is 7.11. The lowest BCUT2D eigenvalue weighted by atomic mass is 9.56. The van der Waals surface area contributed by atoms with Crippen LogP contribution in [-0.4, -0.2) is 34.8 Å². The molecule has 0 radical (unpaired) electrons. The SMILES string of the molecule is O=C1NC(=O)C(c2ccccc2)(c2ccccc2)[C@@H]2C[C@H]3c4[nH]c5ccccc5c4CCN3C[C@H]12. The van der Waals surface area contributed by atoms with Gasteiger partial charge < -0.3 is 4.98 Å². The average molecular weight is 462 g/mol. The highest BCUT2D eigenvalue weighted by Crippen LogP contribution is 2.53. The third kappa shape index (κ3) is 2.85. The molecule has 3 aliphatic heterocycles. The fraction of sp³-hybridized carbons (Fsp3) is 0.267. The second-order valence-corrected chi connectivity index (χ2v) is 10.1. The first-order valence-corrected chi connectivity index (χ1v) is 12.5. The molecule has 0 saturated carbocycles. The molecule has 2 saturated heterocycles. The molecule has 0 spiro atoms. The standard InChI is InChI=1S/C30H27N3O2/c34-28-23-18-33-16-15-22-21-13-7-8-14-25(21)31-27(22)26(33)17-24(23)30(29(35)32-28,19-9-3-1-4-10-19)20-11-5-2-6-12-20/h1-14,23-24,26,31H,15-18H2,(H,32,34,35)/t23-,24+,26-/m0/s1. The summed E-state index contributed by atoms with van der Waals surface area (Å²) in [6.07, 6.45) is 1.71. The molecule has 0 unspecified atom stereocenters.